The lowest BCUT2D eigenvalue weighted by molar-refractivity contribution is -0.153. The summed E-state index contributed by atoms with van der Waals surface area (Å²) in [5.74, 6) is 2.27. The van der Waals surface area contributed by atoms with E-state index in [0.29, 0.717) is 5.56 Å². The molecular formula is C10H6ClF3O. The summed E-state index contributed by atoms with van der Waals surface area (Å²) >= 11 is 5.65. The molecule has 80 valence electrons. The average molecular weight is 235 g/mol. The van der Waals surface area contributed by atoms with Crippen molar-refractivity contribution in [2.24, 2.45) is 0 Å². The summed E-state index contributed by atoms with van der Waals surface area (Å²) in [6.07, 6.45) is 0.702. The summed E-state index contributed by atoms with van der Waals surface area (Å²) in [5, 5.41) is 0.0645. The van der Waals surface area contributed by atoms with Crippen LogP contribution < -0.4 is 4.74 Å². The Morgan fingerprint density at radius 3 is 2.53 bits per heavy atom. The molecule has 1 nitrogen and oxygen atoms in total. The first-order valence-corrected chi connectivity index (χ1v) is 4.26. The maximum absolute atomic E-state index is 11.8. The van der Waals surface area contributed by atoms with E-state index in [9.17, 15) is 13.2 Å². The highest BCUT2D eigenvalue weighted by Crippen LogP contribution is 2.27. The maximum atomic E-state index is 11.8. The van der Waals surface area contributed by atoms with Crippen molar-refractivity contribution in [1.82, 2.24) is 0 Å². The fraction of sp³-hybridized carbons (Fsp3) is 0.200. The van der Waals surface area contributed by atoms with E-state index in [1.54, 1.807) is 0 Å². The van der Waals surface area contributed by atoms with Gasteiger partial charge in [0.25, 0.3) is 0 Å². The molecule has 0 saturated heterocycles. The second-order valence-electron chi connectivity index (χ2n) is 2.69. The van der Waals surface area contributed by atoms with Crippen molar-refractivity contribution in [1.29, 1.82) is 0 Å². The lowest BCUT2D eigenvalue weighted by Crippen LogP contribution is -2.19. The van der Waals surface area contributed by atoms with Gasteiger partial charge < -0.3 is 4.74 Å². The van der Waals surface area contributed by atoms with Gasteiger partial charge >= 0.3 is 6.18 Å². The number of ether oxygens (including phenoxy) is 1. The molecule has 0 bridgehead atoms. The van der Waals surface area contributed by atoms with Crippen LogP contribution in [0, 0.1) is 12.3 Å². The molecule has 0 aromatic heterocycles. The monoisotopic (exact) mass is 234 g/mol. The largest absolute Gasteiger partial charge is 0.483 e. The molecule has 0 saturated carbocycles. The average Bonchev–Trinajstić information content (AvgIpc) is 2.14. The molecule has 0 spiro atoms. The Morgan fingerprint density at radius 2 is 2.07 bits per heavy atom. The van der Waals surface area contributed by atoms with E-state index in [0.717, 1.165) is 0 Å². The summed E-state index contributed by atoms with van der Waals surface area (Å²) < 4.78 is 39.9. The number of rotatable bonds is 2. The highest BCUT2D eigenvalue weighted by Gasteiger charge is 2.28. The van der Waals surface area contributed by atoms with E-state index < -0.39 is 12.8 Å². The molecule has 5 heteroatoms. The van der Waals surface area contributed by atoms with E-state index in [-0.39, 0.29) is 10.8 Å². The molecule has 1 aromatic carbocycles. The molecule has 15 heavy (non-hydrogen) atoms. The van der Waals surface area contributed by atoms with Crippen LogP contribution >= 0.6 is 11.6 Å². The molecule has 0 aliphatic heterocycles. The highest BCUT2D eigenvalue weighted by molar-refractivity contribution is 6.32. The predicted molar refractivity (Wildman–Crippen MR) is 50.9 cm³/mol. The second-order valence-corrected chi connectivity index (χ2v) is 3.10. The minimum absolute atomic E-state index is 0.0343. The van der Waals surface area contributed by atoms with Crippen molar-refractivity contribution in [2.75, 3.05) is 6.61 Å². The fourth-order valence-electron chi connectivity index (χ4n) is 0.867. The molecule has 0 fully saturated rings. The van der Waals surface area contributed by atoms with Crippen molar-refractivity contribution in [3.63, 3.8) is 0 Å². The van der Waals surface area contributed by atoms with Crippen LogP contribution in [0.4, 0.5) is 13.2 Å². The topological polar surface area (TPSA) is 9.23 Å². The number of hydrogen-bond acceptors (Lipinski definition) is 1. The van der Waals surface area contributed by atoms with Crippen LogP contribution in [0.25, 0.3) is 0 Å². The van der Waals surface area contributed by atoms with E-state index in [1.165, 1.54) is 18.2 Å². The standard InChI is InChI=1S/C10H6ClF3O/c1-2-7-3-4-9(8(11)5-7)15-6-10(12,13)14/h1,3-5H,6H2. The van der Waals surface area contributed by atoms with Gasteiger partial charge in [-0.05, 0) is 18.2 Å². The summed E-state index contributed by atoms with van der Waals surface area (Å²) in [6.45, 7) is -1.37. The van der Waals surface area contributed by atoms with Gasteiger partial charge in [-0.25, -0.2) is 0 Å². The normalized spacial score (nSPS) is 10.9. The Kier molecular flexibility index (Phi) is 3.48. The zero-order chi connectivity index (χ0) is 11.5. The summed E-state index contributed by atoms with van der Waals surface area (Å²) in [4.78, 5) is 0. The van der Waals surface area contributed by atoms with E-state index >= 15 is 0 Å². The third kappa shape index (κ3) is 3.72. The van der Waals surface area contributed by atoms with Crippen LogP contribution in [0.3, 0.4) is 0 Å². The number of alkyl halides is 3. The highest BCUT2D eigenvalue weighted by atomic mass is 35.5. The lowest BCUT2D eigenvalue weighted by Gasteiger charge is -2.10. The Morgan fingerprint density at radius 1 is 1.40 bits per heavy atom. The van der Waals surface area contributed by atoms with Crippen molar-refractivity contribution in [2.45, 2.75) is 6.18 Å². The Hall–Kier alpha value is -1.34. The van der Waals surface area contributed by atoms with Crippen molar-refractivity contribution < 1.29 is 17.9 Å². The molecule has 0 unspecified atom stereocenters. The lowest BCUT2D eigenvalue weighted by atomic mass is 10.2. The van der Waals surface area contributed by atoms with Crippen molar-refractivity contribution >= 4 is 11.6 Å². The predicted octanol–water partition coefficient (Wildman–Crippen LogP) is 3.26. The zero-order valence-electron chi connectivity index (χ0n) is 7.44. The molecular weight excluding hydrogens is 229 g/mol. The van der Waals surface area contributed by atoms with Gasteiger partial charge in [-0.3, -0.25) is 0 Å². The van der Waals surface area contributed by atoms with Crippen LogP contribution in [0.1, 0.15) is 5.56 Å². The van der Waals surface area contributed by atoms with Crippen LogP contribution in [0.2, 0.25) is 5.02 Å². The van der Waals surface area contributed by atoms with Gasteiger partial charge in [0.05, 0.1) is 5.02 Å². The SMILES string of the molecule is C#Cc1ccc(OCC(F)(F)F)c(Cl)c1. The smallest absolute Gasteiger partial charge is 0.422 e. The van der Waals surface area contributed by atoms with Gasteiger partial charge in [-0.1, -0.05) is 17.5 Å². The number of hydrogen-bond donors (Lipinski definition) is 0. The first-order valence-electron chi connectivity index (χ1n) is 3.88. The van der Waals surface area contributed by atoms with Crippen LogP contribution in [0.5, 0.6) is 5.75 Å². The molecule has 0 aliphatic rings. The maximum Gasteiger partial charge on any atom is 0.422 e. The first kappa shape index (κ1) is 11.7. The van der Waals surface area contributed by atoms with Crippen LogP contribution in [-0.2, 0) is 0 Å². The van der Waals surface area contributed by atoms with Gasteiger partial charge in [0.15, 0.2) is 6.61 Å². The molecule has 0 amide bonds. The minimum Gasteiger partial charge on any atom is -0.483 e. The molecule has 0 atom stereocenters. The quantitative estimate of drug-likeness (QED) is 0.714. The van der Waals surface area contributed by atoms with Crippen LogP contribution in [-0.4, -0.2) is 12.8 Å². The molecule has 0 aliphatic carbocycles. The molecule has 1 rings (SSSR count). The molecule has 0 radical (unpaired) electrons. The summed E-state index contributed by atoms with van der Waals surface area (Å²) in [6, 6.07) is 4.13. The van der Waals surface area contributed by atoms with E-state index in [4.69, 9.17) is 18.0 Å². The third-order valence-corrected chi connectivity index (χ3v) is 1.79. The van der Waals surface area contributed by atoms with E-state index in [1.807, 2.05) is 0 Å². The molecule has 0 heterocycles. The Balaban J connectivity index is 2.76. The van der Waals surface area contributed by atoms with Crippen molar-refractivity contribution in [3.8, 4) is 18.1 Å². The van der Waals surface area contributed by atoms with Crippen molar-refractivity contribution in [3.05, 3.63) is 28.8 Å². The Labute approximate surface area is 89.8 Å². The second kappa shape index (κ2) is 4.45. The van der Waals surface area contributed by atoms with Crippen LogP contribution in [0.15, 0.2) is 18.2 Å². The molecule has 0 N–H and O–H groups in total. The fourth-order valence-corrected chi connectivity index (χ4v) is 1.10. The van der Waals surface area contributed by atoms with Gasteiger partial charge in [0.2, 0.25) is 0 Å². The van der Waals surface area contributed by atoms with Gasteiger partial charge in [-0.15, -0.1) is 6.42 Å². The van der Waals surface area contributed by atoms with Gasteiger partial charge in [0, 0.05) is 5.56 Å². The zero-order valence-corrected chi connectivity index (χ0v) is 8.19. The third-order valence-electron chi connectivity index (χ3n) is 1.49. The summed E-state index contributed by atoms with van der Waals surface area (Å²) in [5.41, 5.74) is 0.486. The van der Waals surface area contributed by atoms with E-state index in [2.05, 4.69) is 10.7 Å². The number of halogens is 4. The summed E-state index contributed by atoms with van der Waals surface area (Å²) in [7, 11) is 0. The number of benzene rings is 1. The molecule has 1 aromatic rings. The first-order chi connectivity index (χ1) is 6.92. The van der Waals surface area contributed by atoms with Gasteiger partial charge in [-0.2, -0.15) is 13.2 Å². The minimum atomic E-state index is -4.38. The van der Waals surface area contributed by atoms with Gasteiger partial charge in [0.1, 0.15) is 5.75 Å². The Bertz CT molecular complexity index is 393. The number of terminal acetylenes is 1.